The van der Waals surface area contributed by atoms with Crippen LogP contribution in [0.1, 0.15) is 51.4 Å². The van der Waals surface area contributed by atoms with Crippen molar-refractivity contribution in [3.63, 3.8) is 0 Å². The van der Waals surface area contributed by atoms with E-state index >= 15 is 0 Å². The summed E-state index contributed by atoms with van der Waals surface area (Å²) in [5, 5.41) is 0. The van der Waals surface area contributed by atoms with E-state index in [9.17, 15) is 9.59 Å². The van der Waals surface area contributed by atoms with Crippen molar-refractivity contribution < 1.29 is 14.3 Å². The number of Topliss-reactive ketones (excluding diaryl/α,β-unsaturated/α-hetero) is 1. The van der Waals surface area contributed by atoms with Crippen molar-refractivity contribution >= 4 is 11.8 Å². The van der Waals surface area contributed by atoms with Crippen LogP contribution < -0.4 is 0 Å². The predicted molar refractivity (Wildman–Crippen MR) is 83.7 cm³/mol. The van der Waals surface area contributed by atoms with Crippen LogP contribution in [0.5, 0.6) is 0 Å². The summed E-state index contributed by atoms with van der Waals surface area (Å²) in [5.41, 5.74) is 0. The smallest absolute Gasteiger partial charge is 0.320 e. The maximum Gasteiger partial charge on any atom is 0.320 e. The zero-order chi connectivity index (χ0) is 15.4. The fourth-order valence-electron chi connectivity index (χ4n) is 4.14. The molecule has 2 aliphatic heterocycles. The van der Waals surface area contributed by atoms with E-state index in [1.165, 1.54) is 6.42 Å². The van der Waals surface area contributed by atoms with Crippen LogP contribution in [0.4, 0.5) is 4.79 Å². The summed E-state index contributed by atoms with van der Waals surface area (Å²) < 4.78 is 5.36. The normalized spacial score (nSPS) is 31.0. The molecular formula is C17H28N2O3. The minimum absolute atomic E-state index is 0.0804. The second-order valence-electron chi connectivity index (χ2n) is 6.81. The zero-order valence-electron chi connectivity index (χ0n) is 13.5. The lowest BCUT2D eigenvalue weighted by atomic mass is 9.80. The third-order valence-corrected chi connectivity index (χ3v) is 5.39. The van der Waals surface area contributed by atoms with E-state index in [0.717, 1.165) is 45.1 Å². The van der Waals surface area contributed by atoms with E-state index in [-0.39, 0.29) is 18.0 Å². The Morgan fingerprint density at radius 1 is 0.955 bits per heavy atom. The Bertz CT molecular complexity index is 407. The fourth-order valence-corrected chi connectivity index (χ4v) is 4.14. The molecule has 0 aromatic heterocycles. The Morgan fingerprint density at radius 2 is 1.73 bits per heavy atom. The standard InChI is InChI=1S/C17H28N2O3/c20-16-8-4-3-6-14(16)15-7-2-1-5-9-19(15)17(21)18-10-12-22-13-11-18/h14-15H,1-13H2. The summed E-state index contributed by atoms with van der Waals surface area (Å²) in [7, 11) is 0. The quantitative estimate of drug-likeness (QED) is 0.747. The molecule has 3 fully saturated rings. The van der Waals surface area contributed by atoms with Gasteiger partial charge in [-0.3, -0.25) is 4.79 Å². The number of hydrogen-bond acceptors (Lipinski definition) is 3. The molecule has 0 aromatic carbocycles. The topological polar surface area (TPSA) is 49.9 Å². The maximum atomic E-state index is 13.0. The van der Waals surface area contributed by atoms with E-state index in [1.54, 1.807) is 0 Å². The molecule has 1 aliphatic carbocycles. The number of carbonyl (C=O) groups excluding carboxylic acids is 2. The SMILES string of the molecule is O=C1CCCCC1C1CCCCCN1C(=O)N1CCOCC1. The van der Waals surface area contributed by atoms with Crippen molar-refractivity contribution in [1.29, 1.82) is 0 Å². The number of rotatable bonds is 1. The largest absolute Gasteiger partial charge is 0.378 e. The molecule has 1 saturated carbocycles. The molecule has 5 nitrogen and oxygen atoms in total. The first-order valence-corrected chi connectivity index (χ1v) is 8.93. The first-order valence-electron chi connectivity index (χ1n) is 8.93. The highest BCUT2D eigenvalue weighted by atomic mass is 16.5. The van der Waals surface area contributed by atoms with Gasteiger partial charge >= 0.3 is 6.03 Å². The lowest BCUT2D eigenvalue weighted by Gasteiger charge is -2.40. The van der Waals surface area contributed by atoms with Crippen molar-refractivity contribution in [3.8, 4) is 0 Å². The molecule has 3 rings (SSSR count). The summed E-state index contributed by atoms with van der Waals surface area (Å²) in [4.78, 5) is 29.3. The van der Waals surface area contributed by atoms with Crippen molar-refractivity contribution in [2.24, 2.45) is 5.92 Å². The van der Waals surface area contributed by atoms with Crippen LogP contribution in [0, 0.1) is 5.92 Å². The molecule has 2 amide bonds. The molecule has 0 aromatic rings. The number of amides is 2. The molecule has 0 bridgehead atoms. The highest BCUT2D eigenvalue weighted by Crippen LogP contribution is 2.32. The van der Waals surface area contributed by atoms with Crippen LogP contribution in [0.15, 0.2) is 0 Å². The van der Waals surface area contributed by atoms with Gasteiger partial charge in [-0.1, -0.05) is 19.3 Å². The summed E-state index contributed by atoms with van der Waals surface area (Å²) in [5.74, 6) is 0.467. The van der Waals surface area contributed by atoms with Gasteiger partial charge in [0.05, 0.1) is 13.2 Å². The van der Waals surface area contributed by atoms with Gasteiger partial charge in [0.1, 0.15) is 5.78 Å². The number of urea groups is 1. The number of nitrogens with zero attached hydrogens (tertiary/aromatic N) is 2. The van der Waals surface area contributed by atoms with Gasteiger partial charge in [-0.25, -0.2) is 4.79 Å². The van der Waals surface area contributed by atoms with E-state index < -0.39 is 0 Å². The Hall–Kier alpha value is -1.10. The lowest BCUT2D eigenvalue weighted by Crippen LogP contribution is -2.54. The molecule has 124 valence electrons. The Kier molecular flexibility index (Phi) is 5.34. The van der Waals surface area contributed by atoms with Crippen molar-refractivity contribution in [2.75, 3.05) is 32.8 Å². The van der Waals surface area contributed by atoms with Gasteiger partial charge in [0.25, 0.3) is 0 Å². The molecule has 2 saturated heterocycles. The van der Waals surface area contributed by atoms with Gasteiger partial charge in [0.2, 0.25) is 0 Å². The van der Waals surface area contributed by atoms with Gasteiger partial charge in [-0.15, -0.1) is 0 Å². The summed E-state index contributed by atoms with van der Waals surface area (Å²) in [6, 6.07) is 0.263. The minimum atomic E-state index is 0.0804. The van der Waals surface area contributed by atoms with E-state index in [4.69, 9.17) is 4.74 Å². The van der Waals surface area contributed by atoms with E-state index in [2.05, 4.69) is 0 Å². The van der Waals surface area contributed by atoms with Crippen molar-refractivity contribution in [3.05, 3.63) is 0 Å². The number of ketones is 1. The summed E-state index contributed by atoms with van der Waals surface area (Å²) in [6.45, 7) is 3.44. The first-order chi connectivity index (χ1) is 10.8. The van der Waals surface area contributed by atoms with Gasteiger partial charge in [-0.2, -0.15) is 0 Å². The van der Waals surface area contributed by atoms with Crippen LogP contribution in [-0.4, -0.2) is 60.5 Å². The molecule has 2 atom stereocenters. The van der Waals surface area contributed by atoms with E-state index in [1.807, 2.05) is 9.80 Å². The second kappa shape index (κ2) is 7.44. The average molecular weight is 308 g/mol. The van der Waals surface area contributed by atoms with E-state index in [0.29, 0.717) is 38.5 Å². The number of likely N-dealkylation sites (tertiary alicyclic amines) is 1. The Balaban J connectivity index is 1.74. The Morgan fingerprint density at radius 3 is 2.50 bits per heavy atom. The second-order valence-corrected chi connectivity index (χ2v) is 6.81. The summed E-state index contributed by atoms with van der Waals surface area (Å²) >= 11 is 0. The van der Waals surface area contributed by atoms with Gasteiger partial charge in [0, 0.05) is 38.0 Å². The van der Waals surface area contributed by atoms with Crippen molar-refractivity contribution in [2.45, 2.75) is 57.4 Å². The Labute approximate surface area is 133 Å². The van der Waals surface area contributed by atoms with Gasteiger partial charge < -0.3 is 14.5 Å². The van der Waals surface area contributed by atoms with Gasteiger partial charge in [0.15, 0.2) is 0 Å². The number of carbonyl (C=O) groups is 2. The minimum Gasteiger partial charge on any atom is -0.378 e. The molecule has 2 unspecified atom stereocenters. The molecule has 22 heavy (non-hydrogen) atoms. The molecule has 0 spiro atoms. The first kappa shape index (κ1) is 15.8. The van der Waals surface area contributed by atoms with Gasteiger partial charge in [-0.05, 0) is 25.7 Å². The average Bonchev–Trinajstić information content (AvgIpc) is 2.81. The molecule has 5 heteroatoms. The van der Waals surface area contributed by atoms with Crippen LogP contribution in [0.2, 0.25) is 0 Å². The van der Waals surface area contributed by atoms with Crippen LogP contribution in [0.25, 0.3) is 0 Å². The number of morpholine rings is 1. The third kappa shape index (κ3) is 3.45. The molecule has 0 N–H and O–H groups in total. The fraction of sp³-hybridized carbons (Fsp3) is 0.882. The highest BCUT2D eigenvalue weighted by Gasteiger charge is 2.38. The van der Waals surface area contributed by atoms with Crippen LogP contribution in [-0.2, 0) is 9.53 Å². The number of hydrogen-bond donors (Lipinski definition) is 0. The summed E-state index contributed by atoms with van der Waals surface area (Å²) in [6.07, 6.45) is 8.20. The van der Waals surface area contributed by atoms with Crippen molar-refractivity contribution in [1.82, 2.24) is 9.80 Å². The molecular weight excluding hydrogens is 280 g/mol. The third-order valence-electron chi connectivity index (χ3n) is 5.39. The van der Waals surface area contributed by atoms with Crippen LogP contribution in [0.3, 0.4) is 0 Å². The molecule has 3 aliphatic rings. The lowest BCUT2D eigenvalue weighted by molar-refractivity contribution is -0.126. The monoisotopic (exact) mass is 308 g/mol. The maximum absolute atomic E-state index is 13.0. The predicted octanol–water partition coefficient (Wildman–Crippen LogP) is 2.44. The zero-order valence-corrected chi connectivity index (χ0v) is 13.5. The highest BCUT2D eigenvalue weighted by molar-refractivity contribution is 5.83. The molecule has 0 radical (unpaired) electrons. The molecule has 2 heterocycles. The number of ether oxygens (including phenoxy) is 1. The van der Waals surface area contributed by atoms with Crippen LogP contribution >= 0.6 is 0 Å².